The highest BCUT2D eigenvalue weighted by Crippen LogP contribution is 2.47. The third-order valence-corrected chi connectivity index (χ3v) is 6.30. The first-order valence-electron chi connectivity index (χ1n) is 8.59. The lowest BCUT2D eigenvalue weighted by molar-refractivity contribution is -0.0371. The molecular weight excluding hydrogens is 232 g/mol. The van der Waals surface area contributed by atoms with Crippen LogP contribution in [0.15, 0.2) is 0 Å². The van der Waals surface area contributed by atoms with Gasteiger partial charge in [-0.15, -0.1) is 0 Å². The van der Waals surface area contributed by atoms with Crippen molar-refractivity contribution in [3.05, 3.63) is 0 Å². The highest BCUT2D eigenvalue weighted by Gasteiger charge is 2.52. The molecule has 0 radical (unpaired) electrons. The van der Waals surface area contributed by atoms with Gasteiger partial charge in [0.2, 0.25) is 0 Å². The first-order chi connectivity index (χ1) is 9.07. The van der Waals surface area contributed by atoms with Gasteiger partial charge in [0.1, 0.15) is 0 Å². The molecule has 2 unspecified atom stereocenters. The average Bonchev–Trinajstić information content (AvgIpc) is 3.28. The van der Waals surface area contributed by atoms with E-state index in [9.17, 15) is 0 Å². The highest BCUT2D eigenvalue weighted by atomic mass is 15.3. The zero-order valence-electron chi connectivity index (χ0n) is 13.2. The molecule has 19 heavy (non-hydrogen) atoms. The van der Waals surface area contributed by atoms with Crippen molar-refractivity contribution in [3.8, 4) is 0 Å². The molecule has 110 valence electrons. The van der Waals surface area contributed by atoms with Crippen LogP contribution < -0.4 is 5.32 Å². The number of nitrogens with zero attached hydrogens (tertiary/aromatic N) is 1. The van der Waals surface area contributed by atoms with E-state index in [-0.39, 0.29) is 0 Å². The van der Waals surface area contributed by atoms with E-state index in [0.29, 0.717) is 11.1 Å². The van der Waals surface area contributed by atoms with Crippen LogP contribution in [0, 0.1) is 5.92 Å². The van der Waals surface area contributed by atoms with Gasteiger partial charge >= 0.3 is 0 Å². The molecule has 3 aliphatic rings. The van der Waals surface area contributed by atoms with E-state index in [1.807, 2.05) is 0 Å². The molecule has 0 aromatic carbocycles. The number of piperazine rings is 1. The Kier molecular flexibility index (Phi) is 3.68. The molecule has 2 nitrogen and oxygen atoms in total. The zero-order valence-corrected chi connectivity index (χ0v) is 13.2. The summed E-state index contributed by atoms with van der Waals surface area (Å²) in [4.78, 5) is 2.95. The van der Waals surface area contributed by atoms with Gasteiger partial charge in [-0.1, -0.05) is 26.2 Å². The van der Waals surface area contributed by atoms with Crippen molar-refractivity contribution >= 4 is 0 Å². The molecule has 0 aromatic rings. The third-order valence-electron chi connectivity index (χ3n) is 6.30. The molecule has 0 amide bonds. The molecule has 2 heteroatoms. The predicted molar refractivity (Wildman–Crippen MR) is 81.4 cm³/mol. The molecule has 2 saturated carbocycles. The van der Waals surface area contributed by atoms with E-state index in [1.54, 1.807) is 0 Å². The Morgan fingerprint density at radius 2 is 1.74 bits per heavy atom. The SMILES string of the molecule is CCC1(C)CN(C2CCCCC2)C(C)(C2CC2)CN1. The summed E-state index contributed by atoms with van der Waals surface area (Å²) in [5.41, 5.74) is 0.780. The van der Waals surface area contributed by atoms with Gasteiger partial charge in [-0.25, -0.2) is 0 Å². The summed E-state index contributed by atoms with van der Waals surface area (Å²) in [7, 11) is 0. The van der Waals surface area contributed by atoms with Crippen molar-refractivity contribution in [2.75, 3.05) is 13.1 Å². The molecule has 1 heterocycles. The fourth-order valence-electron chi connectivity index (χ4n) is 4.37. The minimum Gasteiger partial charge on any atom is -0.308 e. The Morgan fingerprint density at radius 1 is 1.05 bits per heavy atom. The zero-order chi connectivity index (χ0) is 13.5. The fourth-order valence-corrected chi connectivity index (χ4v) is 4.37. The van der Waals surface area contributed by atoms with Gasteiger partial charge in [0.15, 0.2) is 0 Å². The Bertz CT molecular complexity index is 319. The molecule has 1 aliphatic heterocycles. The van der Waals surface area contributed by atoms with Crippen molar-refractivity contribution in [1.82, 2.24) is 10.2 Å². The van der Waals surface area contributed by atoms with E-state index < -0.39 is 0 Å². The molecule has 1 saturated heterocycles. The second-order valence-corrected chi connectivity index (χ2v) is 7.82. The van der Waals surface area contributed by atoms with Crippen LogP contribution in [-0.4, -0.2) is 35.1 Å². The van der Waals surface area contributed by atoms with Crippen LogP contribution >= 0.6 is 0 Å². The van der Waals surface area contributed by atoms with Gasteiger partial charge in [0, 0.05) is 30.2 Å². The normalized spacial score (nSPS) is 42.5. The van der Waals surface area contributed by atoms with E-state index in [1.165, 1.54) is 64.5 Å². The lowest BCUT2D eigenvalue weighted by atomic mass is 9.80. The van der Waals surface area contributed by atoms with Gasteiger partial charge in [-0.05, 0) is 51.9 Å². The Hall–Kier alpha value is -0.0800. The maximum atomic E-state index is 3.88. The number of hydrogen-bond acceptors (Lipinski definition) is 2. The molecular formula is C17H32N2. The minimum absolute atomic E-state index is 0.339. The summed E-state index contributed by atoms with van der Waals surface area (Å²) in [6.45, 7) is 9.78. The smallest absolute Gasteiger partial charge is 0.0337 e. The maximum absolute atomic E-state index is 3.88. The monoisotopic (exact) mass is 264 g/mol. The van der Waals surface area contributed by atoms with Crippen LogP contribution in [0.2, 0.25) is 0 Å². The second-order valence-electron chi connectivity index (χ2n) is 7.82. The molecule has 3 rings (SSSR count). The minimum atomic E-state index is 0.339. The summed E-state index contributed by atoms with van der Waals surface area (Å²) in [6.07, 6.45) is 11.4. The number of nitrogens with one attached hydrogen (secondary N) is 1. The van der Waals surface area contributed by atoms with E-state index >= 15 is 0 Å². The van der Waals surface area contributed by atoms with E-state index in [4.69, 9.17) is 0 Å². The second kappa shape index (κ2) is 5.04. The molecule has 0 spiro atoms. The fraction of sp³-hybridized carbons (Fsp3) is 1.00. The third kappa shape index (κ3) is 2.58. The van der Waals surface area contributed by atoms with Crippen LogP contribution in [0.1, 0.15) is 72.1 Å². The first-order valence-corrected chi connectivity index (χ1v) is 8.59. The summed E-state index contributed by atoms with van der Waals surface area (Å²) < 4.78 is 0. The van der Waals surface area contributed by atoms with E-state index in [0.717, 1.165) is 12.0 Å². The molecule has 1 N–H and O–H groups in total. The summed E-state index contributed by atoms with van der Waals surface area (Å²) in [5, 5.41) is 3.88. The standard InChI is InChI=1S/C17H32N2/c1-4-16(2)13-19(15-8-6-5-7-9-15)17(3,12-18-16)14-10-11-14/h14-15,18H,4-13H2,1-3H3. The highest BCUT2D eigenvalue weighted by molar-refractivity contribution is 5.09. The lowest BCUT2D eigenvalue weighted by Gasteiger charge is -2.56. The van der Waals surface area contributed by atoms with Gasteiger partial charge in [0.25, 0.3) is 0 Å². The molecule has 0 bridgehead atoms. The van der Waals surface area contributed by atoms with Crippen molar-refractivity contribution in [3.63, 3.8) is 0 Å². The largest absolute Gasteiger partial charge is 0.308 e. The quantitative estimate of drug-likeness (QED) is 0.838. The van der Waals surface area contributed by atoms with Gasteiger partial charge in [-0.2, -0.15) is 0 Å². The van der Waals surface area contributed by atoms with Gasteiger partial charge < -0.3 is 5.32 Å². The van der Waals surface area contributed by atoms with Crippen molar-refractivity contribution < 1.29 is 0 Å². The van der Waals surface area contributed by atoms with Crippen LogP contribution in [0.4, 0.5) is 0 Å². The average molecular weight is 264 g/mol. The van der Waals surface area contributed by atoms with Gasteiger partial charge in [-0.3, -0.25) is 4.90 Å². The molecule has 2 aliphatic carbocycles. The van der Waals surface area contributed by atoms with Crippen molar-refractivity contribution in [1.29, 1.82) is 0 Å². The van der Waals surface area contributed by atoms with E-state index in [2.05, 4.69) is 31.0 Å². The number of hydrogen-bond donors (Lipinski definition) is 1. The number of rotatable bonds is 3. The first kappa shape index (κ1) is 13.9. The molecule has 2 atom stereocenters. The lowest BCUT2D eigenvalue weighted by Crippen LogP contribution is -2.71. The molecule has 0 aromatic heterocycles. The summed E-state index contributed by atoms with van der Waals surface area (Å²) >= 11 is 0. The Labute approximate surface area is 119 Å². The summed E-state index contributed by atoms with van der Waals surface area (Å²) in [6, 6.07) is 0.868. The van der Waals surface area contributed by atoms with Crippen molar-refractivity contribution in [2.24, 2.45) is 5.92 Å². The van der Waals surface area contributed by atoms with Crippen LogP contribution in [0.25, 0.3) is 0 Å². The van der Waals surface area contributed by atoms with Crippen molar-refractivity contribution in [2.45, 2.75) is 89.3 Å². The van der Waals surface area contributed by atoms with Gasteiger partial charge in [0.05, 0.1) is 0 Å². The summed E-state index contributed by atoms with van der Waals surface area (Å²) in [5.74, 6) is 0.961. The van der Waals surface area contributed by atoms with Crippen LogP contribution in [0.3, 0.4) is 0 Å². The topological polar surface area (TPSA) is 15.3 Å². The Balaban J connectivity index is 1.80. The van der Waals surface area contributed by atoms with Crippen LogP contribution in [-0.2, 0) is 0 Å². The Morgan fingerprint density at radius 3 is 2.32 bits per heavy atom. The molecule has 3 fully saturated rings. The predicted octanol–water partition coefficient (Wildman–Crippen LogP) is 3.56. The van der Waals surface area contributed by atoms with Crippen LogP contribution in [0.5, 0.6) is 0 Å². The maximum Gasteiger partial charge on any atom is 0.0337 e.